The van der Waals surface area contributed by atoms with E-state index in [0.29, 0.717) is 18.8 Å². The van der Waals surface area contributed by atoms with Crippen molar-refractivity contribution in [1.82, 2.24) is 9.80 Å². The molecule has 2 aromatic carbocycles. The van der Waals surface area contributed by atoms with Gasteiger partial charge in [-0.15, -0.1) is 0 Å². The van der Waals surface area contributed by atoms with E-state index in [1.54, 1.807) is 6.07 Å². The highest BCUT2D eigenvalue weighted by atomic mass is 16.5. The molecule has 6 heteroatoms. The number of phenols is 1. The number of aromatic hydroxyl groups is 1. The average Bonchev–Trinajstić information content (AvgIpc) is 3.35. The third-order valence-electron chi connectivity index (χ3n) is 9.42. The number of ether oxygens (including phenoxy) is 1. The van der Waals surface area contributed by atoms with Gasteiger partial charge in [-0.25, -0.2) is 0 Å². The number of likely N-dealkylation sites (tertiary alicyclic amines) is 2. The highest BCUT2D eigenvalue weighted by molar-refractivity contribution is 5.95. The van der Waals surface area contributed by atoms with Crippen LogP contribution >= 0.6 is 0 Å². The van der Waals surface area contributed by atoms with Gasteiger partial charge in [-0.05, 0) is 75.0 Å². The van der Waals surface area contributed by atoms with Gasteiger partial charge in [-0.1, -0.05) is 24.3 Å². The number of nitrogens with zero attached hydrogens (tertiary/aromatic N) is 2. The number of carbonyl (C=O) groups is 1. The summed E-state index contributed by atoms with van der Waals surface area (Å²) in [4.78, 5) is 18.1. The summed E-state index contributed by atoms with van der Waals surface area (Å²) in [5.41, 5.74) is 1.84. The Labute approximate surface area is 200 Å². The Morgan fingerprint density at radius 3 is 2.76 bits per heavy atom. The quantitative estimate of drug-likeness (QED) is 0.737. The van der Waals surface area contributed by atoms with Crippen LogP contribution in [0.25, 0.3) is 0 Å². The van der Waals surface area contributed by atoms with Crippen molar-refractivity contribution < 1.29 is 19.7 Å². The molecule has 2 aliphatic carbocycles. The summed E-state index contributed by atoms with van der Waals surface area (Å²) in [6.45, 7) is 5.85. The van der Waals surface area contributed by atoms with Crippen molar-refractivity contribution >= 4 is 5.91 Å². The van der Waals surface area contributed by atoms with Crippen LogP contribution in [-0.4, -0.2) is 74.9 Å². The SMILES string of the molecule is CC(C)(O)CN1CCC23c4cc(O)ccc4CC1C21CC2C3[C@@H](CN2C(=O)c2ccccc2)O1. The van der Waals surface area contributed by atoms with Gasteiger partial charge in [0.2, 0.25) is 0 Å². The van der Waals surface area contributed by atoms with E-state index in [0.717, 1.165) is 31.4 Å². The van der Waals surface area contributed by atoms with E-state index < -0.39 is 11.2 Å². The van der Waals surface area contributed by atoms with Crippen molar-refractivity contribution in [2.45, 2.75) is 67.9 Å². The van der Waals surface area contributed by atoms with Crippen LogP contribution in [0.2, 0.25) is 0 Å². The molecule has 1 amide bonds. The Balaban J connectivity index is 1.36. The molecular weight excluding hydrogens is 428 g/mol. The van der Waals surface area contributed by atoms with Crippen molar-refractivity contribution in [3.8, 4) is 5.75 Å². The fraction of sp³-hybridized carbons (Fsp3) is 0.536. The van der Waals surface area contributed by atoms with Crippen LogP contribution in [-0.2, 0) is 16.6 Å². The van der Waals surface area contributed by atoms with Crippen LogP contribution in [0.1, 0.15) is 48.2 Å². The molecule has 1 saturated carbocycles. The smallest absolute Gasteiger partial charge is 0.254 e. The number of hydrogen-bond donors (Lipinski definition) is 2. The molecule has 0 radical (unpaired) electrons. The van der Waals surface area contributed by atoms with Crippen molar-refractivity contribution in [3.63, 3.8) is 0 Å². The Kier molecular flexibility index (Phi) is 4.08. The van der Waals surface area contributed by atoms with Crippen LogP contribution in [0, 0.1) is 5.92 Å². The molecule has 34 heavy (non-hydrogen) atoms. The molecule has 0 aromatic heterocycles. The molecule has 2 N–H and O–H groups in total. The molecule has 2 aromatic rings. The van der Waals surface area contributed by atoms with Gasteiger partial charge in [0.25, 0.3) is 5.91 Å². The van der Waals surface area contributed by atoms with Gasteiger partial charge < -0.3 is 19.8 Å². The second-order valence-corrected chi connectivity index (χ2v) is 11.7. The molecule has 3 saturated heterocycles. The van der Waals surface area contributed by atoms with Crippen LogP contribution < -0.4 is 0 Å². The Bertz CT molecular complexity index is 1180. The molecule has 5 unspecified atom stereocenters. The first-order valence-corrected chi connectivity index (χ1v) is 12.6. The highest BCUT2D eigenvalue weighted by Crippen LogP contribution is 2.72. The minimum Gasteiger partial charge on any atom is -0.508 e. The summed E-state index contributed by atoms with van der Waals surface area (Å²) in [6, 6.07) is 15.7. The third-order valence-corrected chi connectivity index (χ3v) is 9.42. The molecule has 6 atom stereocenters. The van der Waals surface area contributed by atoms with E-state index >= 15 is 0 Å². The predicted octanol–water partition coefficient (Wildman–Crippen LogP) is 2.71. The van der Waals surface area contributed by atoms with Gasteiger partial charge in [-0.2, -0.15) is 0 Å². The topological polar surface area (TPSA) is 73.2 Å². The third kappa shape index (κ3) is 2.49. The number of rotatable bonds is 3. The number of benzene rings is 2. The predicted molar refractivity (Wildman–Crippen MR) is 127 cm³/mol. The molecule has 5 aliphatic rings. The first kappa shape index (κ1) is 20.9. The minimum absolute atomic E-state index is 0.00398. The second-order valence-electron chi connectivity index (χ2n) is 11.7. The van der Waals surface area contributed by atoms with Gasteiger partial charge in [0, 0.05) is 42.1 Å². The minimum atomic E-state index is -0.795. The summed E-state index contributed by atoms with van der Waals surface area (Å²) in [5, 5.41) is 21.2. The summed E-state index contributed by atoms with van der Waals surface area (Å²) in [7, 11) is 0. The summed E-state index contributed by atoms with van der Waals surface area (Å²) in [5.74, 6) is 0.622. The van der Waals surface area contributed by atoms with Crippen molar-refractivity contribution in [1.29, 1.82) is 0 Å². The molecular formula is C28H32N2O4. The van der Waals surface area contributed by atoms with Crippen LogP contribution in [0.4, 0.5) is 0 Å². The Morgan fingerprint density at radius 1 is 1.21 bits per heavy atom. The number of hydrogen-bond acceptors (Lipinski definition) is 5. The fourth-order valence-electron chi connectivity index (χ4n) is 8.61. The zero-order valence-electron chi connectivity index (χ0n) is 19.8. The zero-order chi connectivity index (χ0) is 23.5. The van der Waals surface area contributed by atoms with Gasteiger partial charge in [0.05, 0.1) is 17.3 Å². The first-order valence-electron chi connectivity index (χ1n) is 12.6. The lowest BCUT2D eigenvalue weighted by molar-refractivity contribution is -0.154. The van der Waals surface area contributed by atoms with E-state index in [1.807, 2.05) is 50.2 Å². The van der Waals surface area contributed by atoms with E-state index in [-0.39, 0.29) is 35.4 Å². The maximum absolute atomic E-state index is 13.6. The Hall–Kier alpha value is -2.41. The van der Waals surface area contributed by atoms with E-state index in [1.165, 1.54) is 11.1 Å². The molecule has 6 nitrogen and oxygen atoms in total. The number of aliphatic hydroxyl groups is 1. The largest absolute Gasteiger partial charge is 0.508 e. The zero-order valence-corrected chi connectivity index (χ0v) is 19.8. The highest BCUT2D eigenvalue weighted by Gasteiger charge is 2.81. The molecule has 4 bridgehead atoms. The van der Waals surface area contributed by atoms with Crippen molar-refractivity contribution in [3.05, 3.63) is 65.2 Å². The van der Waals surface area contributed by atoms with Crippen LogP contribution in [0.3, 0.4) is 0 Å². The maximum Gasteiger partial charge on any atom is 0.254 e. The number of piperidine rings is 1. The lowest BCUT2D eigenvalue weighted by Gasteiger charge is -2.59. The second kappa shape index (κ2) is 6.62. The summed E-state index contributed by atoms with van der Waals surface area (Å²) in [6.07, 6.45) is 2.58. The molecule has 178 valence electrons. The van der Waals surface area contributed by atoms with Crippen LogP contribution in [0.5, 0.6) is 5.75 Å². The van der Waals surface area contributed by atoms with E-state index in [9.17, 15) is 15.0 Å². The van der Waals surface area contributed by atoms with Crippen LogP contribution in [0.15, 0.2) is 48.5 Å². The maximum atomic E-state index is 13.6. The van der Waals surface area contributed by atoms with E-state index in [2.05, 4.69) is 15.9 Å². The first-order chi connectivity index (χ1) is 16.2. The number of carbonyl (C=O) groups excluding carboxylic acids is 1. The van der Waals surface area contributed by atoms with Gasteiger partial charge in [-0.3, -0.25) is 9.69 Å². The van der Waals surface area contributed by atoms with Crippen molar-refractivity contribution in [2.24, 2.45) is 5.92 Å². The number of β-amino-alcohol motifs (C(OH)–C–C–N with tert-alkyl or cyclic N) is 1. The summed E-state index contributed by atoms with van der Waals surface area (Å²) < 4.78 is 7.06. The lowest BCUT2D eigenvalue weighted by Crippen LogP contribution is -2.69. The molecule has 3 aliphatic heterocycles. The fourth-order valence-corrected chi connectivity index (χ4v) is 8.61. The standard InChI is InChI=1S/C28H32N2O4/c1-26(2,33)16-29-11-10-27-20-13-19(31)9-8-18(20)12-23(29)28(27)14-21-24(27)22(34-28)15-30(21)25(32)17-6-4-3-5-7-17/h3-9,13,21-24,31,33H,10-12,14-16H2,1-2H3/t21?,22-,23?,24?,27?,28?/m1/s1. The summed E-state index contributed by atoms with van der Waals surface area (Å²) >= 11 is 0. The number of fused-ring (bicyclic) bond motifs is 1. The van der Waals surface area contributed by atoms with E-state index in [4.69, 9.17) is 4.74 Å². The molecule has 3 heterocycles. The Morgan fingerprint density at radius 2 is 2.00 bits per heavy atom. The van der Waals surface area contributed by atoms with Gasteiger partial charge in [0.1, 0.15) is 5.75 Å². The normalized spacial score (nSPS) is 37.6. The lowest BCUT2D eigenvalue weighted by atomic mass is 9.54. The number of phenolic OH excluding ortho intramolecular Hbond substituents is 1. The molecule has 4 fully saturated rings. The average molecular weight is 461 g/mol. The van der Waals surface area contributed by atoms with Crippen molar-refractivity contribution in [2.75, 3.05) is 19.6 Å². The van der Waals surface area contributed by atoms with Gasteiger partial charge in [0.15, 0.2) is 0 Å². The monoisotopic (exact) mass is 460 g/mol. The molecule has 7 rings (SSSR count). The van der Waals surface area contributed by atoms with Gasteiger partial charge >= 0.3 is 0 Å². The molecule has 0 spiro atoms. The number of amides is 1.